The maximum atomic E-state index is 11.5. The molecule has 1 unspecified atom stereocenters. The van der Waals surface area contributed by atoms with Crippen LogP contribution in [0, 0.1) is 13.8 Å². The third kappa shape index (κ3) is 3.05. The van der Waals surface area contributed by atoms with E-state index in [-0.39, 0.29) is 4.90 Å². The van der Waals surface area contributed by atoms with Crippen LogP contribution in [0.5, 0.6) is 0 Å². The predicted octanol–water partition coefficient (Wildman–Crippen LogP) is 2.85. The van der Waals surface area contributed by atoms with Crippen molar-refractivity contribution in [3.63, 3.8) is 0 Å². The summed E-state index contributed by atoms with van der Waals surface area (Å²) in [7, 11) is -3.25. The summed E-state index contributed by atoms with van der Waals surface area (Å²) in [5.74, 6) is 0. The summed E-state index contributed by atoms with van der Waals surface area (Å²) < 4.78 is 23.1. The topological polar surface area (TPSA) is 54.4 Å². The van der Waals surface area contributed by atoms with E-state index in [9.17, 15) is 13.5 Å². The number of aliphatic hydroxyl groups is 1. The van der Waals surface area contributed by atoms with Gasteiger partial charge in [0, 0.05) is 16.0 Å². The molecule has 0 fully saturated rings. The smallest absolute Gasteiger partial charge is 0.175 e. The highest BCUT2D eigenvalue weighted by Gasteiger charge is 2.17. The average molecular weight is 296 g/mol. The Morgan fingerprint density at radius 2 is 1.89 bits per heavy atom. The Labute approximate surface area is 117 Å². The van der Waals surface area contributed by atoms with Gasteiger partial charge < -0.3 is 5.11 Å². The molecule has 0 spiro atoms. The van der Waals surface area contributed by atoms with Crippen LogP contribution in [-0.2, 0) is 9.84 Å². The molecule has 3 nitrogen and oxygen atoms in total. The van der Waals surface area contributed by atoms with Gasteiger partial charge in [0.25, 0.3) is 0 Å². The van der Waals surface area contributed by atoms with Crippen molar-refractivity contribution in [2.75, 3.05) is 6.26 Å². The Morgan fingerprint density at radius 1 is 1.21 bits per heavy atom. The number of benzene rings is 1. The highest BCUT2D eigenvalue weighted by molar-refractivity contribution is 7.90. The zero-order valence-corrected chi connectivity index (χ0v) is 12.7. The van der Waals surface area contributed by atoms with Crippen LogP contribution in [0.25, 0.3) is 0 Å². The first-order chi connectivity index (χ1) is 8.79. The summed E-state index contributed by atoms with van der Waals surface area (Å²) in [4.78, 5) is 2.41. The zero-order valence-electron chi connectivity index (χ0n) is 11.0. The van der Waals surface area contributed by atoms with Gasteiger partial charge in [-0.2, -0.15) is 0 Å². The van der Waals surface area contributed by atoms with Crippen molar-refractivity contribution in [1.82, 2.24) is 0 Å². The summed E-state index contributed by atoms with van der Waals surface area (Å²) in [6, 6.07) is 8.41. The van der Waals surface area contributed by atoms with Gasteiger partial charge in [-0.1, -0.05) is 12.1 Å². The third-order valence-electron chi connectivity index (χ3n) is 2.98. The van der Waals surface area contributed by atoms with Crippen molar-refractivity contribution in [1.29, 1.82) is 0 Å². The molecular formula is C14H16O3S2. The lowest BCUT2D eigenvalue weighted by atomic mass is 10.0. The van der Waals surface area contributed by atoms with Crippen LogP contribution in [0.4, 0.5) is 0 Å². The molecular weight excluding hydrogens is 280 g/mol. The van der Waals surface area contributed by atoms with E-state index in [0.29, 0.717) is 5.56 Å². The molecule has 2 aromatic rings. The van der Waals surface area contributed by atoms with Crippen LogP contribution < -0.4 is 0 Å². The predicted molar refractivity (Wildman–Crippen MR) is 77.4 cm³/mol. The van der Waals surface area contributed by atoms with Gasteiger partial charge in [-0.05, 0) is 43.2 Å². The summed E-state index contributed by atoms with van der Waals surface area (Å²) in [6.45, 7) is 3.94. The Morgan fingerprint density at radius 3 is 2.42 bits per heavy atom. The van der Waals surface area contributed by atoms with Crippen LogP contribution >= 0.6 is 11.3 Å². The molecule has 1 atom stereocenters. The Balaban J connectivity index is 2.45. The number of hydrogen-bond donors (Lipinski definition) is 1. The minimum absolute atomic E-state index is 0.230. The molecule has 0 saturated carbocycles. The highest BCUT2D eigenvalue weighted by atomic mass is 32.2. The average Bonchev–Trinajstić information content (AvgIpc) is 2.66. The van der Waals surface area contributed by atoms with E-state index >= 15 is 0 Å². The molecule has 0 aliphatic heterocycles. The molecule has 5 heteroatoms. The van der Waals surface area contributed by atoms with Gasteiger partial charge in [-0.25, -0.2) is 8.42 Å². The fraction of sp³-hybridized carbons (Fsp3) is 0.286. The minimum Gasteiger partial charge on any atom is -0.384 e. The van der Waals surface area contributed by atoms with Gasteiger partial charge in [0.15, 0.2) is 9.84 Å². The van der Waals surface area contributed by atoms with E-state index in [4.69, 9.17) is 0 Å². The van der Waals surface area contributed by atoms with Crippen LogP contribution in [-0.4, -0.2) is 19.8 Å². The van der Waals surface area contributed by atoms with Gasteiger partial charge in [-0.15, -0.1) is 11.3 Å². The normalized spacial score (nSPS) is 13.5. The molecule has 1 aromatic heterocycles. The lowest BCUT2D eigenvalue weighted by Gasteiger charge is -2.12. The number of sulfone groups is 1. The maximum Gasteiger partial charge on any atom is 0.175 e. The number of rotatable bonds is 3. The lowest BCUT2D eigenvalue weighted by molar-refractivity contribution is 0.220. The SMILES string of the molecule is Cc1cc(C(O)c2cccc(S(C)(=O)=O)c2)c(C)s1. The molecule has 0 bridgehead atoms. The first kappa shape index (κ1) is 14.2. The van der Waals surface area contributed by atoms with E-state index in [0.717, 1.165) is 15.3 Å². The first-order valence-corrected chi connectivity index (χ1v) is 8.55. The van der Waals surface area contributed by atoms with E-state index in [1.807, 2.05) is 19.9 Å². The molecule has 0 aliphatic rings. The fourth-order valence-electron chi connectivity index (χ4n) is 2.02. The molecule has 2 rings (SSSR count). The lowest BCUT2D eigenvalue weighted by Crippen LogP contribution is -2.03. The number of hydrogen-bond acceptors (Lipinski definition) is 4. The van der Waals surface area contributed by atoms with Crippen molar-refractivity contribution >= 4 is 21.2 Å². The van der Waals surface area contributed by atoms with E-state index in [1.54, 1.807) is 23.5 Å². The Kier molecular flexibility index (Phi) is 3.80. The number of thiophene rings is 1. The highest BCUT2D eigenvalue weighted by Crippen LogP contribution is 2.31. The van der Waals surface area contributed by atoms with Gasteiger partial charge in [0.2, 0.25) is 0 Å². The minimum atomic E-state index is -3.25. The summed E-state index contributed by atoms with van der Waals surface area (Å²) >= 11 is 1.62. The van der Waals surface area contributed by atoms with Crippen LogP contribution in [0.2, 0.25) is 0 Å². The maximum absolute atomic E-state index is 11.5. The second-order valence-electron chi connectivity index (χ2n) is 4.62. The van der Waals surface area contributed by atoms with E-state index in [1.165, 1.54) is 18.4 Å². The van der Waals surface area contributed by atoms with E-state index < -0.39 is 15.9 Å². The zero-order chi connectivity index (χ0) is 14.2. The number of aryl methyl sites for hydroxylation is 2. The largest absolute Gasteiger partial charge is 0.384 e. The van der Waals surface area contributed by atoms with Crippen molar-refractivity contribution in [2.24, 2.45) is 0 Å². The fourth-order valence-corrected chi connectivity index (χ4v) is 3.65. The monoisotopic (exact) mass is 296 g/mol. The van der Waals surface area contributed by atoms with Crippen LogP contribution in [0.3, 0.4) is 0 Å². The molecule has 1 N–H and O–H groups in total. The molecule has 0 saturated heterocycles. The van der Waals surface area contributed by atoms with Crippen LogP contribution in [0.15, 0.2) is 35.2 Å². The van der Waals surface area contributed by atoms with Crippen molar-refractivity contribution in [3.05, 3.63) is 51.2 Å². The Hall–Kier alpha value is -1.17. The van der Waals surface area contributed by atoms with Gasteiger partial charge >= 0.3 is 0 Å². The van der Waals surface area contributed by atoms with Gasteiger partial charge in [-0.3, -0.25) is 0 Å². The summed E-state index contributed by atoms with van der Waals surface area (Å²) in [5.41, 5.74) is 1.44. The summed E-state index contributed by atoms with van der Waals surface area (Å²) in [6.07, 6.45) is 0.380. The second-order valence-corrected chi connectivity index (χ2v) is 8.09. The molecule has 0 aliphatic carbocycles. The van der Waals surface area contributed by atoms with Crippen molar-refractivity contribution in [2.45, 2.75) is 24.8 Å². The quantitative estimate of drug-likeness (QED) is 0.947. The van der Waals surface area contributed by atoms with Crippen LogP contribution in [0.1, 0.15) is 27.0 Å². The molecule has 0 radical (unpaired) electrons. The second kappa shape index (κ2) is 5.07. The first-order valence-electron chi connectivity index (χ1n) is 5.84. The molecule has 102 valence electrons. The molecule has 0 amide bonds. The van der Waals surface area contributed by atoms with Gasteiger partial charge in [0.1, 0.15) is 6.10 Å². The van der Waals surface area contributed by atoms with E-state index in [2.05, 4.69) is 0 Å². The standard InChI is InChI=1S/C14H16O3S2/c1-9-7-13(10(2)18-9)14(15)11-5-4-6-12(8-11)19(3,16)17/h4-8,14-15H,1-3H3. The molecule has 1 aromatic carbocycles. The molecule has 1 heterocycles. The third-order valence-corrected chi connectivity index (χ3v) is 5.07. The Bertz CT molecular complexity index is 699. The van der Waals surface area contributed by atoms with Gasteiger partial charge in [0.05, 0.1) is 4.90 Å². The van der Waals surface area contributed by atoms with Crippen molar-refractivity contribution < 1.29 is 13.5 Å². The summed E-state index contributed by atoms with van der Waals surface area (Å²) in [5, 5.41) is 10.4. The molecule has 19 heavy (non-hydrogen) atoms. The van der Waals surface area contributed by atoms with Crippen molar-refractivity contribution in [3.8, 4) is 0 Å². The number of aliphatic hydroxyl groups excluding tert-OH is 1.